The van der Waals surface area contributed by atoms with Crippen LogP contribution in [0.15, 0.2) is 4.40 Å². The largest absolute Gasteiger partial charge is 0.384 e. The molecule has 1 unspecified atom stereocenters. The molecule has 0 aromatic heterocycles. The summed E-state index contributed by atoms with van der Waals surface area (Å²) in [6.07, 6.45) is 1.84. The molecule has 1 aliphatic carbocycles. The van der Waals surface area contributed by atoms with Gasteiger partial charge in [-0.3, -0.25) is 0 Å². The van der Waals surface area contributed by atoms with Gasteiger partial charge >= 0.3 is 0 Å². The van der Waals surface area contributed by atoms with Crippen LogP contribution in [0.5, 0.6) is 0 Å². The quantitative estimate of drug-likeness (QED) is 0.748. The van der Waals surface area contributed by atoms with Crippen molar-refractivity contribution in [2.24, 2.45) is 9.81 Å². The highest BCUT2D eigenvalue weighted by Crippen LogP contribution is 2.39. The van der Waals surface area contributed by atoms with E-state index < -0.39 is 11.0 Å². The molecule has 0 aromatic carbocycles. The van der Waals surface area contributed by atoms with E-state index in [1.165, 1.54) is 0 Å². The Morgan fingerprint density at radius 1 is 1.47 bits per heavy atom. The highest BCUT2D eigenvalue weighted by molar-refractivity contribution is 7.85. The minimum atomic E-state index is -1.11. The first kappa shape index (κ1) is 12.8. The highest BCUT2D eigenvalue weighted by atomic mass is 32.2. The third-order valence-electron chi connectivity index (χ3n) is 2.49. The van der Waals surface area contributed by atoms with E-state index in [0.717, 1.165) is 25.2 Å². The normalized spacial score (nSPS) is 28.5. The standard InChI is InChI=1S/C11H21NO2S/c1-10(2,3)15(13)12-9-6-11(4,7-9)8-14-5/h6-8H2,1-5H3. The van der Waals surface area contributed by atoms with Crippen LogP contribution in [0.2, 0.25) is 0 Å². The maximum Gasteiger partial charge on any atom is 0.144 e. The van der Waals surface area contributed by atoms with Crippen LogP contribution in [0.3, 0.4) is 0 Å². The van der Waals surface area contributed by atoms with E-state index in [1.807, 2.05) is 20.8 Å². The molecule has 0 amide bonds. The molecule has 0 aromatic rings. The first-order valence-corrected chi connectivity index (χ1v) is 6.35. The van der Waals surface area contributed by atoms with Gasteiger partial charge in [0.2, 0.25) is 0 Å². The Labute approximate surface area is 94.9 Å². The second-order valence-electron chi connectivity index (χ2n) is 5.62. The fourth-order valence-electron chi connectivity index (χ4n) is 1.70. The van der Waals surface area contributed by atoms with E-state index in [4.69, 9.17) is 4.74 Å². The summed E-state index contributed by atoms with van der Waals surface area (Å²) in [6, 6.07) is 0. The van der Waals surface area contributed by atoms with Crippen molar-refractivity contribution in [1.29, 1.82) is 0 Å². The summed E-state index contributed by atoms with van der Waals surface area (Å²) in [4.78, 5) is 0. The van der Waals surface area contributed by atoms with Gasteiger partial charge in [-0.25, -0.2) is 4.21 Å². The molecule has 1 saturated carbocycles. The monoisotopic (exact) mass is 231 g/mol. The molecule has 1 atom stereocenters. The summed E-state index contributed by atoms with van der Waals surface area (Å²) in [6.45, 7) is 8.77. The maximum absolute atomic E-state index is 11.7. The average Bonchev–Trinajstić information content (AvgIpc) is 1.99. The van der Waals surface area contributed by atoms with E-state index in [1.54, 1.807) is 7.11 Å². The second-order valence-corrected chi connectivity index (χ2v) is 7.52. The molecule has 0 bridgehead atoms. The molecular weight excluding hydrogens is 210 g/mol. The van der Waals surface area contributed by atoms with Gasteiger partial charge in [0, 0.05) is 18.2 Å². The minimum Gasteiger partial charge on any atom is -0.384 e. The third-order valence-corrected chi connectivity index (χ3v) is 3.96. The topological polar surface area (TPSA) is 38.7 Å². The van der Waals surface area contributed by atoms with Gasteiger partial charge in [0.15, 0.2) is 0 Å². The lowest BCUT2D eigenvalue weighted by molar-refractivity contribution is 0.0848. The van der Waals surface area contributed by atoms with Crippen LogP contribution < -0.4 is 0 Å². The van der Waals surface area contributed by atoms with Crippen molar-refractivity contribution in [3.8, 4) is 0 Å². The maximum atomic E-state index is 11.7. The smallest absolute Gasteiger partial charge is 0.144 e. The molecule has 1 fully saturated rings. The van der Waals surface area contributed by atoms with Gasteiger partial charge in [0.25, 0.3) is 0 Å². The lowest BCUT2D eigenvalue weighted by Gasteiger charge is -2.39. The Hall–Kier alpha value is -0.220. The second kappa shape index (κ2) is 4.34. The summed E-state index contributed by atoms with van der Waals surface area (Å²) < 4.78 is 20.9. The minimum absolute atomic E-state index is 0.218. The Kier molecular flexibility index (Phi) is 3.71. The number of methoxy groups -OCH3 is 1. The van der Waals surface area contributed by atoms with Crippen LogP contribution in [0.1, 0.15) is 40.5 Å². The predicted octanol–water partition coefficient (Wildman–Crippen LogP) is 2.34. The number of nitrogens with zero attached hydrogens (tertiary/aromatic N) is 1. The number of hydrogen-bond acceptors (Lipinski definition) is 2. The van der Waals surface area contributed by atoms with E-state index in [0.29, 0.717) is 0 Å². The van der Waals surface area contributed by atoms with Crippen LogP contribution in [0, 0.1) is 5.41 Å². The highest BCUT2D eigenvalue weighted by Gasteiger charge is 2.38. The van der Waals surface area contributed by atoms with Gasteiger partial charge in [-0.2, -0.15) is 4.40 Å². The van der Waals surface area contributed by atoms with Crippen LogP contribution in [-0.4, -0.2) is 28.4 Å². The molecule has 0 aliphatic heterocycles. The van der Waals surface area contributed by atoms with E-state index >= 15 is 0 Å². The van der Waals surface area contributed by atoms with Gasteiger partial charge in [-0.1, -0.05) is 6.92 Å². The first-order valence-electron chi connectivity index (χ1n) is 5.24. The summed E-state index contributed by atoms with van der Waals surface area (Å²) in [7, 11) is 0.610. The molecule has 15 heavy (non-hydrogen) atoms. The summed E-state index contributed by atoms with van der Waals surface area (Å²) in [5.41, 5.74) is 1.29. The molecule has 1 aliphatic rings. The molecule has 0 heterocycles. The summed E-state index contributed by atoms with van der Waals surface area (Å²) >= 11 is 0. The van der Waals surface area contributed by atoms with Gasteiger partial charge in [-0.05, 0) is 33.6 Å². The number of ether oxygens (including phenoxy) is 1. The van der Waals surface area contributed by atoms with Crippen molar-refractivity contribution < 1.29 is 8.95 Å². The zero-order valence-corrected chi connectivity index (χ0v) is 11.1. The molecule has 0 radical (unpaired) electrons. The van der Waals surface area contributed by atoms with Crippen molar-refractivity contribution in [2.45, 2.75) is 45.3 Å². The van der Waals surface area contributed by atoms with E-state index in [9.17, 15) is 4.21 Å². The van der Waals surface area contributed by atoms with E-state index in [2.05, 4.69) is 11.3 Å². The Balaban J connectivity index is 2.52. The van der Waals surface area contributed by atoms with Crippen molar-refractivity contribution in [3.63, 3.8) is 0 Å². The van der Waals surface area contributed by atoms with Crippen LogP contribution in [0.4, 0.5) is 0 Å². The molecule has 1 rings (SSSR count). The Bertz CT molecular complexity index is 283. The molecule has 0 spiro atoms. The zero-order valence-electron chi connectivity index (χ0n) is 10.3. The van der Waals surface area contributed by atoms with Crippen LogP contribution in [-0.2, 0) is 15.7 Å². The van der Waals surface area contributed by atoms with Gasteiger partial charge in [-0.15, -0.1) is 0 Å². The third kappa shape index (κ3) is 3.38. The Morgan fingerprint density at radius 3 is 2.40 bits per heavy atom. The summed E-state index contributed by atoms with van der Waals surface area (Å²) in [5, 5.41) is 0. The molecule has 0 saturated heterocycles. The first-order chi connectivity index (χ1) is 6.77. The lowest BCUT2D eigenvalue weighted by atomic mass is 9.70. The molecular formula is C11H21NO2S. The number of hydrogen-bond donors (Lipinski definition) is 0. The molecule has 3 nitrogen and oxygen atoms in total. The van der Waals surface area contributed by atoms with Gasteiger partial charge in [0.05, 0.1) is 11.4 Å². The van der Waals surface area contributed by atoms with Gasteiger partial charge in [0.1, 0.15) is 11.0 Å². The van der Waals surface area contributed by atoms with Crippen molar-refractivity contribution in [1.82, 2.24) is 0 Å². The van der Waals surface area contributed by atoms with Crippen molar-refractivity contribution in [3.05, 3.63) is 0 Å². The summed E-state index contributed by atoms with van der Waals surface area (Å²) in [5.74, 6) is 0. The van der Waals surface area contributed by atoms with Crippen LogP contribution in [0.25, 0.3) is 0 Å². The van der Waals surface area contributed by atoms with Crippen molar-refractivity contribution in [2.75, 3.05) is 13.7 Å². The Morgan fingerprint density at radius 2 is 2.00 bits per heavy atom. The van der Waals surface area contributed by atoms with E-state index in [-0.39, 0.29) is 10.2 Å². The zero-order chi connectivity index (χ0) is 11.7. The SMILES string of the molecule is COCC1(C)CC(=NS(=O)C(C)(C)C)C1. The predicted molar refractivity (Wildman–Crippen MR) is 64.5 cm³/mol. The molecule has 0 N–H and O–H groups in total. The van der Waals surface area contributed by atoms with Gasteiger partial charge < -0.3 is 4.74 Å². The average molecular weight is 231 g/mol. The fraction of sp³-hybridized carbons (Fsp3) is 0.909. The van der Waals surface area contributed by atoms with Crippen LogP contribution >= 0.6 is 0 Å². The fourth-order valence-corrected chi connectivity index (χ4v) is 2.34. The number of rotatable bonds is 3. The molecule has 4 heteroatoms. The molecule has 88 valence electrons. The van der Waals surface area contributed by atoms with Crippen molar-refractivity contribution >= 4 is 16.7 Å². The lowest BCUT2D eigenvalue weighted by Crippen LogP contribution is -2.39.